The van der Waals surface area contributed by atoms with E-state index in [9.17, 15) is 9.59 Å². The Kier molecular flexibility index (Phi) is 7.99. The molecule has 1 aliphatic heterocycles. The molecule has 0 aromatic heterocycles. The van der Waals surface area contributed by atoms with Crippen LogP contribution in [-0.4, -0.2) is 41.1 Å². The average molecular weight is 554 g/mol. The van der Waals surface area contributed by atoms with Gasteiger partial charge >= 0.3 is 0 Å². The highest BCUT2D eigenvalue weighted by Gasteiger charge is 2.57. The molecule has 1 heterocycles. The zero-order chi connectivity index (χ0) is 27.9. The minimum absolute atomic E-state index is 0.0223. The zero-order valence-corrected chi connectivity index (χ0v) is 24.3. The molecule has 1 spiro atoms. The van der Waals surface area contributed by atoms with Gasteiger partial charge in [0.15, 0.2) is 0 Å². The number of nitrogens with one attached hydrogen (secondary N) is 2. The summed E-state index contributed by atoms with van der Waals surface area (Å²) in [5.41, 5.74) is 13.8. The van der Waals surface area contributed by atoms with Gasteiger partial charge in [0, 0.05) is 17.1 Å². The van der Waals surface area contributed by atoms with Gasteiger partial charge in [-0.05, 0) is 98.0 Å². The summed E-state index contributed by atoms with van der Waals surface area (Å²) < 4.78 is 0. The maximum absolute atomic E-state index is 14.4. The molecule has 6 N–H and O–H groups in total. The fourth-order valence-electron chi connectivity index (χ4n) is 6.85. The van der Waals surface area contributed by atoms with Crippen LogP contribution in [0.3, 0.4) is 0 Å². The molecule has 8 heteroatoms. The first kappa shape index (κ1) is 28.3. The van der Waals surface area contributed by atoms with Crippen LogP contribution in [0, 0.1) is 17.3 Å². The van der Waals surface area contributed by atoms with Crippen LogP contribution in [0.4, 0.5) is 0 Å². The number of nitrogens with two attached hydrogens (primary N) is 2. The van der Waals surface area contributed by atoms with E-state index < -0.39 is 6.17 Å². The first-order valence-electron chi connectivity index (χ1n) is 14.5. The largest absolute Gasteiger partial charge is 0.349 e. The summed E-state index contributed by atoms with van der Waals surface area (Å²) in [5, 5.41) is 7.38. The second kappa shape index (κ2) is 11.0. The minimum Gasteiger partial charge on any atom is -0.349 e. The molecule has 2 unspecified atom stereocenters. The lowest BCUT2D eigenvalue weighted by atomic mass is 9.69. The summed E-state index contributed by atoms with van der Waals surface area (Å²) in [4.78, 5) is 29.2. The van der Waals surface area contributed by atoms with E-state index in [1.54, 1.807) is 0 Å². The molecule has 1 aromatic carbocycles. The number of carbonyl (C=O) groups excluding carboxylic acids is 2. The zero-order valence-electron chi connectivity index (χ0n) is 23.5. The predicted octanol–water partition coefficient (Wildman–Crippen LogP) is 4.69. The van der Waals surface area contributed by atoms with Gasteiger partial charge in [0.05, 0.1) is 17.9 Å². The van der Waals surface area contributed by atoms with Crippen LogP contribution in [-0.2, 0) is 4.79 Å². The third-order valence-corrected chi connectivity index (χ3v) is 9.49. The summed E-state index contributed by atoms with van der Waals surface area (Å²) in [6, 6.07) is 7.39. The lowest BCUT2D eigenvalue weighted by Gasteiger charge is -2.49. The molecule has 0 radical (unpaired) electrons. The topological polar surface area (TPSA) is 113 Å². The van der Waals surface area contributed by atoms with Crippen LogP contribution >= 0.6 is 11.6 Å². The van der Waals surface area contributed by atoms with Gasteiger partial charge in [-0.1, -0.05) is 50.6 Å². The van der Waals surface area contributed by atoms with Gasteiger partial charge in [-0.25, -0.2) is 0 Å². The standard InChI is InChI=1S/C31H44ClN5O2/c1-30(2,3)23-13-15-31(16-14-23)36-26(22-5-4-6-24(32)17-22)29(39)37(31)27(19-7-8-19)20-9-11-21(12-10-20)28(38)35-18-25(33)34/h6,9-12,17,19,23,25-27,36H,4-5,7-8,13-16,18,33-34H2,1-3H3,(H,35,38). The van der Waals surface area contributed by atoms with Gasteiger partial charge in [-0.15, -0.1) is 0 Å². The number of carbonyl (C=O) groups is 2. The van der Waals surface area contributed by atoms with E-state index in [0.717, 1.165) is 67.5 Å². The van der Waals surface area contributed by atoms with Crippen LogP contribution in [0.5, 0.6) is 0 Å². The van der Waals surface area contributed by atoms with Crippen molar-refractivity contribution in [3.8, 4) is 0 Å². The lowest BCUT2D eigenvalue weighted by molar-refractivity contribution is -0.137. The third-order valence-electron chi connectivity index (χ3n) is 9.22. The Bertz CT molecular complexity index is 1140. The summed E-state index contributed by atoms with van der Waals surface area (Å²) in [6.07, 6.45) is 11.4. The van der Waals surface area contributed by atoms with E-state index in [0.29, 0.717) is 17.4 Å². The molecule has 0 bridgehead atoms. The van der Waals surface area contributed by atoms with E-state index in [-0.39, 0.29) is 41.5 Å². The highest BCUT2D eigenvalue weighted by molar-refractivity contribution is 6.31. The number of amides is 2. The van der Waals surface area contributed by atoms with Crippen molar-refractivity contribution in [3.63, 3.8) is 0 Å². The predicted molar refractivity (Wildman–Crippen MR) is 156 cm³/mol. The first-order valence-corrected chi connectivity index (χ1v) is 14.9. The Morgan fingerprint density at radius 3 is 2.38 bits per heavy atom. The average Bonchev–Trinajstić information content (AvgIpc) is 3.69. The van der Waals surface area contributed by atoms with E-state index in [4.69, 9.17) is 23.1 Å². The number of allylic oxidation sites excluding steroid dienone is 3. The Hall–Kier alpha value is -2.19. The molecule has 2 amide bonds. The maximum atomic E-state index is 14.4. The van der Waals surface area contributed by atoms with Crippen LogP contribution in [0.25, 0.3) is 0 Å². The highest BCUT2D eigenvalue weighted by atomic mass is 35.5. The van der Waals surface area contributed by atoms with Crippen molar-refractivity contribution < 1.29 is 9.59 Å². The molecule has 5 rings (SSSR count). The van der Waals surface area contributed by atoms with E-state index in [1.807, 2.05) is 36.4 Å². The van der Waals surface area contributed by atoms with E-state index in [1.165, 1.54) is 0 Å². The summed E-state index contributed by atoms with van der Waals surface area (Å²) >= 11 is 6.40. The number of nitrogens with zero attached hydrogens (tertiary/aromatic N) is 1. The smallest absolute Gasteiger partial charge is 0.251 e. The van der Waals surface area contributed by atoms with Crippen molar-refractivity contribution in [1.82, 2.24) is 15.5 Å². The molecular weight excluding hydrogens is 510 g/mol. The molecule has 2 saturated carbocycles. The third kappa shape index (κ3) is 5.97. The molecule has 3 aliphatic carbocycles. The number of hydrogen-bond acceptors (Lipinski definition) is 5. The lowest BCUT2D eigenvalue weighted by Crippen LogP contribution is -2.56. The number of rotatable bonds is 7. The van der Waals surface area contributed by atoms with Crippen molar-refractivity contribution in [1.29, 1.82) is 0 Å². The maximum Gasteiger partial charge on any atom is 0.251 e. The van der Waals surface area contributed by atoms with Crippen LogP contribution < -0.4 is 22.1 Å². The van der Waals surface area contributed by atoms with Crippen LogP contribution in [0.15, 0.2) is 47.0 Å². The number of halogens is 1. The minimum atomic E-state index is -0.594. The molecule has 4 aliphatic rings. The second-order valence-corrected chi connectivity index (χ2v) is 13.5. The van der Waals surface area contributed by atoms with Crippen molar-refractivity contribution in [2.45, 2.75) is 96.1 Å². The molecule has 7 nitrogen and oxygen atoms in total. The normalized spacial score (nSPS) is 28.5. The van der Waals surface area contributed by atoms with E-state index >= 15 is 0 Å². The molecule has 212 valence electrons. The monoisotopic (exact) mass is 553 g/mol. The van der Waals surface area contributed by atoms with Crippen LogP contribution in [0.2, 0.25) is 0 Å². The van der Waals surface area contributed by atoms with Gasteiger partial charge in [0.1, 0.15) is 6.04 Å². The summed E-state index contributed by atoms with van der Waals surface area (Å²) in [7, 11) is 0. The SMILES string of the molecule is CC(C)(C)C1CCC2(CC1)NC(C1=CC(Cl)=CCC1)C(=O)N2C(c1ccc(C(=O)NCC(N)N)cc1)C1CC1. The van der Waals surface area contributed by atoms with Crippen molar-refractivity contribution in [3.05, 3.63) is 58.1 Å². The van der Waals surface area contributed by atoms with Gasteiger partial charge in [-0.3, -0.25) is 14.9 Å². The number of hydrogen-bond donors (Lipinski definition) is 4. The number of benzene rings is 1. The van der Waals surface area contributed by atoms with Crippen molar-refractivity contribution >= 4 is 23.4 Å². The van der Waals surface area contributed by atoms with Gasteiger partial charge in [0.2, 0.25) is 5.91 Å². The fraction of sp³-hybridized carbons (Fsp3) is 0.613. The van der Waals surface area contributed by atoms with Crippen molar-refractivity contribution in [2.75, 3.05) is 6.54 Å². The Balaban J connectivity index is 1.46. The Labute approximate surface area is 237 Å². The molecule has 3 fully saturated rings. The first-order chi connectivity index (χ1) is 18.5. The Morgan fingerprint density at radius 1 is 1.15 bits per heavy atom. The fourth-order valence-corrected chi connectivity index (χ4v) is 7.10. The summed E-state index contributed by atoms with van der Waals surface area (Å²) in [6.45, 7) is 7.21. The second-order valence-electron chi connectivity index (χ2n) is 13.1. The van der Waals surface area contributed by atoms with Gasteiger partial charge in [0.25, 0.3) is 5.91 Å². The molecular formula is C31H44ClN5O2. The van der Waals surface area contributed by atoms with Crippen molar-refractivity contribution in [2.24, 2.45) is 28.7 Å². The highest BCUT2D eigenvalue weighted by Crippen LogP contribution is 2.53. The van der Waals surface area contributed by atoms with Gasteiger partial charge < -0.3 is 21.7 Å². The molecule has 39 heavy (non-hydrogen) atoms. The summed E-state index contributed by atoms with van der Waals surface area (Å²) in [5.74, 6) is 1.02. The molecule has 1 saturated heterocycles. The molecule has 1 aromatic rings. The van der Waals surface area contributed by atoms with E-state index in [2.05, 4.69) is 36.3 Å². The Morgan fingerprint density at radius 2 is 1.82 bits per heavy atom. The van der Waals surface area contributed by atoms with Crippen LogP contribution in [0.1, 0.15) is 94.1 Å². The van der Waals surface area contributed by atoms with Gasteiger partial charge in [-0.2, -0.15) is 0 Å². The molecule has 2 atom stereocenters. The quantitative estimate of drug-likeness (QED) is 0.366.